The zero-order valence-electron chi connectivity index (χ0n) is 28.7. The van der Waals surface area contributed by atoms with E-state index in [0.717, 1.165) is 36.2 Å². The number of H-pyrrole nitrogens is 2. The summed E-state index contributed by atoms with van der Waals surface area (Å²) in [5.41, 5.74) is -0.889. The van der Waals surface area contributed by atoms with Gasteiger partial charge in [-0.1, -0.05) is 18.2 Å². The van der Waals surface area contributed by atoms with Crippen molar-refractivity contribution in [2.75, 3.05) is 6.61 Å². The number of carbonyl (C=O) groups excluding carboxylic acids is 5. The molecule has 0 radical (unpaired) electrons. The van der Waals surface area contributed by atoms with Crippen molar-refractivity contribution in [1.82, 2.24) is 25.2 Å². The molecule has 3 heterocycles. The van der Waals surface area contributed by atoms with Gasteiger partial charge in [-0.25, -0.2) is 9.59 Å². The van der Waals surface area contributed by atoms with Gasteiger partial charge in [0.2, 0.25) is 5.91 Å². The normalized spacial score (nSPS) is 20.0. The molecule has 1 saturated heterocycles. The molecule has 1 aromatic carbocycles. The average Bonchev–Trinajstić information content (AvgIpc) is 3.56. The van der Waals surface area contributed by atoms with Gasteiger partial charge in [0.15, 0.2) is 18.4 Å². The number of nitrogens with one attached hydrogen (secondary N) is 4. The van der Waals surface area contributed by atoms with Gasteiger partial charge < -0.3 is 39.3 Å². The number of nitrogens with zero attached hydrogens (tertiary/aromatic N) is 1. The molecule has 1 aliphatic heterocycles. The first kappa shape index (κ1) is 37.4. The minimum atomic E-state index is -1.48. The largest absolute Gasteiger partial charge is 0.464 e. The Bertz CT molecular complexity index is 1870. The smallest absolute Gasteiger partial charge is 0.408 e. The second-order valence-corrected chi connectivity index (χ2v) is 12.8. The fourth-order valence-electron chi connectivity index (χ4n) is 5.52. The first-order valence-corrected chi connectivity index (χ1v) is 15.7. The summed E-state index contributed by atoms with van der Waals surface area (Å²) >= 11 is 0. The van der Waals surface area contributed by atoms with Crippen molar-refractivity contribution in [1.29, 1.82) is 0 Å². The van der Waals surface area contributed by atoms with Crippen molar-refractivity contribution >= 4 is 40.8 Å². The molecule has 0 bridgehead atoms. The van der Waals surface area contributed by atoms with Crippen LogP contribution in [0.15, 0.2) is 46.2 Å². The molecule has 4 rings (SSSR count). The molecule has 4 N–H and O–H groups in total. The molecule has 3 aromatic rings. The van der Waals surface area contributed by atoms with Crippen molar-refractivity contribution < 1.29 is 47.7 Å². The fourth-order valence-corrected chi connectivity index (χ4v) is 5.52. The van der Waals surface area contributed by atoms with Crippen molar-refractivity contribution in [2.24, 2.45) is 0 Å². The number of benzene rings is 1. The summed E-state index contributed by atoms with van der Waals surface area (Å²) in [4.78, 5) is 94.0. The molecule has 6 unspecified atom stereocenters. The van der Waals surface area contributed by atoms with E-state index in [-0.39, 0.29) is 12.0 Å². The van der Waals surface area contributed by atoms with Gasteiger partial charge in [-0.15, -0.1) is 0 Å². The minimum Gasteiger partial charge on any atom is -0.464 e. The van der Waals surface area contributed by atoms with E-state index < -0.39 is 90.0 Å². The number of hydrogen-bond acceptors (Lipinski definition) is 12. The van der Waals surface area contributed by atoms with Gasteiger partial charge in [0.1, 0.15) is 24.4 Å². The third-order valence-corrected chi connectivity index (χ3v) is 7.55. The van der Waals surface area contributed by atoms with Crippen LogP contribution in [0, 0.1) is 6.92 Å². The number of aryl methyl sites for hydroxylation is 1. The minimum absolute atomic E-state index is 0.0149. The van der Waals surface area contributed by atoms with Gasteiger partial charge >= 0.3 is 29.7 Å². The quantitative estimate of drug-likeness (QED) is 0.164. The van der Waals surface area contributed by atoms with Crippen LogP contribution >= 0.6 is 0 Å². The molecule has 6 atom stereocenters. The molecule has 1 aliphatic rings. The molecule has 2 aromatic heterocycles. The lowest BCUT2D eigenvalue weighted by atomic mass is 10.0. The Labute approximate surface area is 285 Å². The highest BCUT2D eigenvalue weighted by molar-refractivity contribution is 5.88. The molecule has 17 heteroatoms. The first-order valence-electron chi connectivity index (χ1n) is 15.7. The highest BCUT2D eigenvalue weighted by atomic mass is 16.6. The van der Waals surface area contributed by atoms with Crippen LogP contribution in [-0.4, -0.2) is 87.0 Å². The topological polar surface area (TPSA) is 226 Å². The number of esters is 3. The Kier molecular flexibility index (Phi) is 11.5. The predicted octanol–water partition coefficient (Wildman–Crippen LogP) is 1.27. The van der Waals surface area contributed by atoms with Crippen molar-refractivity contribution in [3.8, 4) is 0 Å². The Balaban J connectivity index is 1.75. The van der Waals surface area contributed by atoms with E-state index in [1.54, 1.807) is 27.0 Å². The lowest BCUT2D eigenvalue weighted by Gasteiger charge is -2.30. The fraction of sp³-hybridized carbons (Fsp3) is 0.485. The van der Waals surface area contributed by atoms with Crippen LogP contribution in [0.25, 0.3) is 10.9 Å². The molecule has 1 fully saturated rings. The van der Waals surface area contributed by atoms with Gasteiger partial charge in [-0.2, -0.15) is 0 Å². The number of para-hydroxylation sites is 1. The summed E-state index contributed by atoms with van der Waals surface area (Å²) in [7, 11) is 0. The molecule has 0 saturated carbocycles. The van der Waals surface area contributed by atoms with Gasteiger partial charge in [-0.05, 0) is 39.3 Å². The monoisotopic (exact) mass is 699 g/mol. The van der Waals surface area contributed by atoms with E-state index in [0.29, 0.717) is 5.56 Å². The Morgan fingerprint density at radius 1 is 0.960 bits per heavy atom. The van der Waals surface area contributed by atoms with E-state index in [1.807, 2.05) is 24.3 Å². The number of ether oxygens (including phenoxy) is 5. The Morgan fingerprint density at radius 3 is 2.26 bits per heavy atom. The summed E-state index contributed by atoms with van der Waals surface area (Å²) < 4.78 is 28.9. The van der Waals surface area contributed by atoms with E-state index in [9.17, 15) is 33.6 Å². The van der Waals surface area contributed by atoms with Gasteiger partial charge in [-0.3, -0.25) is 33.5 Å². The molecule has 17 nitrogen and oxygen atoms in total. The highest BCUT2D eigenvalue weighted by Crippen LogP contribution is 2.35. The van der Waals surface area contributed by atoms with Crippen LogP contribution in [0.5, 0.6) is 0 Å². The number of carbonyl (C=O) groups is 5. The molecule has 50 heavy (non-hydrogen) atoms. The van der Waals surface area contributed by atoms with Crippen LogP contribution in [0.4, 0.5) is 4.79 Å². The van der Waals surface area contributed by atoms with Crippen LogP contribution in [0.3, 0.4) is 0 Å². The van der Waals surface area contributed by atoms with Crippen molar-refractivity contribution in [2.45, 2.75) is 97.1 Å². The average molecular weight is 700 g/mol. The van der Waals surface area contributed by atoms with E-state index in [1.165, 1.54) is 13.1 Å². The zero-order chi connectivity index (χ0) is 36.9. The molecule has 270 valence electrons. The first-order chi connectivity index (χ1) is 23.4. The van der Waals surface area contributed by atoms with E-state index in [4.69, 9.17) is 23.7 Å². The second kappa shape index (κ2) is 15.4. The number of aromatic nitrogens is 3. The number of fused-ring (bicyclic) bond motifs is 1. The summed E-state index contributed by atoms with van der Waals surface area (Å²) in [6.07, 6.45) is -3.84. The maximum atomic E-state index is 14.1. The van der Waals surface area contributed by atoms with Gasteiger partial charge in [0.25, 0.3) is 5.56 Å². The van der Waals surface area contributed by atoms with Crippen molar-refractivity contribution in [3.63, 3.8) is 0 Å². The summed E-state index contributed by atoms with van der Waals surface area (Å²) in [6, 6.07) is 4.78. The molecular formula is C33H41N5O12. The summed E-state index contributed by atoms with van der Waals surface area (Å²) in [5.74, 6) is -3.15. The van der Waals surface area contributed by atoms with Crippen LogP contribution in [-0.2, 0) is 49.3 Å². The number of amides is 2. The second-order valence-electron chi connectivity index (χ2n) is 12.8. The lowest BCUT2D eigenvalue weighted by molar-refractivity contribution is -0.166. The van der Waals surface area contributed by atoms with Crippen LogP contribution in [0.1, 0.15) is 58.9 Å². The number of hydrogen-bond donors (Lipinski definition) is 4. The summed E-state index contributed by atoms with van der Waals surface area (Å²) in [5, 5.41) is 6.13. The SMILES string of the molecule is CC(=O)OCC(NC(=O)C(Cc1c[nH]c2ccccc12)NC(=O)OC(C)(C)C)C1OC(n2cc(C)c(=O)[nH]c2=O)C(OC(C)=O)C1OC(C)=O. The van der Waals surface area contributed by atoms with E-state index in [2.05, 4.69) is 20.6 Å². The standard InChI is InChI=1S/C33H41N5O12/c1-16-14-38(31(44)37-28(16)42)30-27(48-19(4)41)26(47-18(3)40)25(49-30)24(15-46-17(2)39)35-29(43)23(36-32(45)50-33(5,6)7)12-20-13-34-22-11-9-8-10-21(20)22/h8-11,13-14,23-27,30,34H,12,15H2,1-7H3,(H,35,43)(H,36,45)(H,37,42,44). The predicted molar refractivity (Wildman–Crippen MR) is 175 cm³/mol. The summed E-state index contributed by atoms with van der Waals surface area (Å²) in [6.45, 7) is 9.19. The zero-order valence-corrected chi connectivity index (χ0v) is 28.7. The molecule has 0 spiro atoms. The van der Waals surface area contributed by atoms with Crippen molar-refractivity contribution in [3.05, 3.63) is 68.6 Å². The maximum Gasteiger partial charge on any atom is 0.408 e. The highest BCUT2D eigenvalue weighted by Gasteiger charge is 2.54. The van der Waals surface area contributed by atoms with Crippen LogP contribution in [0.2, 0.25) is 0 Å². The third-order valence-electron chi connectivity index (χ3n) is 7.55. The van der Waals surface area contributed by atoms with Gasteiger partial charge in [0.05, 0.1) is 6.04 Å². The lowest BCUT2D eigenvalue weighted by Crippen LogP contribution is -2.57. The maximum absolute atomic E-state index is 14.1. The molecule has 2 amide bonds. The number of alkyl carbamates (subject to hydrolysis) is 1. The number of rotatable bonds is 11. The van der Waals surface area contributed by atoms with Crippen LogP contribution < -0.4 is 21.9 Å². The van der Waals surface area contributed by atoms with Gasteiger partial charge in [0, 0.05) is 56.1 Å². The Morgan fingerprint density at radius 2 is 1.62 bits per heavy atom. The Hall–Kier alpha value is -5.45. The third kappa shape index (κ3) is 9.37. The molecular weight excluding hydrogens is 658 g/mol. The number of aromatic amines is 2. The van der Waals surface area contributed by atoms with E-state index >= 15 is 0 Å². The molecule has 0 aliphatic carbocycles.